The summed E-state index contributed by atoms with van der Waals surface area (Å²) < 4.78 is 40.2. The number of aryl methyl sites for hydroxylation is 1. The van der Waals surface area contributed by atoms with Crippen LogP contribution < -0.4 is 10.1 Å². The summed E-state index contributed by atoms with van der Waals surface area (Å²) in [6, 6.07) is 10.2. The number of rotatable bonds is 7. The maximum Gasteiger partial charge on any atom is 0.573 e. The fourth-order valence-electron chi connectivity index (χ4n) is 3.10. The molecule has 6 nitrogen and oxygen atoms in total. The van der Waals surface area contributed by atoms with Crippen molar-refractivity contribution in [1.82, 2.24) is 10.2 Å². The van der Waals surface area contributed by atoms with Gasteiger partial charge >= 0.3 is 6.36 Å². The molecule has 0 spiro atoms. The fraction of sp³-hybridized carbons (Fsp3) is 0.286. The lowest BCUT2D eigenvalue weighted by atomic mass is 10.1. The van der Waals surface area contributed by atoms with Gasteiger partial charge in [0.05, 0.1) is 11.1 Å². The number of imide groups is 1. The average molecular weight is 420 g/mol. The van der Waals surface area contributed by atoms with Gasteiger partial charge in [0.2, 0.25) is 5.91 Å². The molecule has 3 rings (SSSR count). The van der Waals surface area contributed by atoms with E-state index in [1.807, 2.05) is 6.92 Å². The van der Waals surface area contributed by atoms with Gasteiger partial charge in [0, 0.05) is 19.5 Å². The highest BCUT2D eigenvalue weighted by Gasteiger charge is 2.35. The number of hydrogen-bond acceptors (Lipinski definition) is 4. The third-order valence-corrected chi connectivity index (χ3v) is 4.56. The lowest BCUT2D eigenvalue weighted by Gasteiger charge is -2.13. The van der Waals surface area contributed by atoms with Crippen molar-refractivity contribution in [3.63, 3.8) is 0 Å². The number of nitrogens with zero attached hydrogens (tertiary/aromatic N) is 1. The summed E-state index contributed by atoms with van der Waals surface area (Å²) in [5, 5.41) is 2.65. The Bertz CT molecular complexity index is 971. The molecule has 0 saturated heterocycles. The molecule has 1 aliphatic heterocycles. The van der Waals surface area contributed by atoms with Crippen LogP contribution in [0, 0.1) is 6.92 Å². The number of fused-ring (bicyclic) bond motifs is 1. The second-order valence-corrected chi connectivity index (χ2v) is 6.88. The van der Waals surface area contributed by atoms with Crippen molar-refractivity contribution in [1.29, 1.82) is 0 Å². The van der Waals surface area contributed by atoms with E-state index in [4.69, 9.17) is 0 Å². The van der Waals surface area contributed by atoms with Crippen LogP contribution in [0.5, 0.6) is 5.75 Å². The average Bonchev–Trinajstić information content (AvgIpc) is 2.90. The van der Waals surface area contributed by atoms with Crippen molar-refractivity contribution < 1.29 is 32.3 Å². The number of alkyl halides is 3. The van der Waals surface area contributed by atoms with Crippen LogP contribution in [0.15, 0.2) is 42.5 Å². The van der Waals surface area contributed by atoms with Gasteiger partial charge < -0.3 is 10.1 Å². The zero-order chi connectivity index (χ0) is 21.9. The zero-order valence-electron chi connectivity index (χ0n) is 16.1. The van der Waals surface area contributed by atoms with Crippen molar-refractivity contribution >= 4 is 17.7 Å². The van der Waals surface area contributed by atoms with Crippen LogP contribution in [0.25, 0.3) is 0 Å². The first-order chi connectivity index (χ1) is 14.1. The van der Waals surface area contributed by atoms with Crippen LogP contribution >= 0.6 is 0 Å². The van der Waals surface area contributed by atoms with E-state index >= 15 is 0 Å². The van der Waals surface area contributed by atoms with Gasteiger partial charge in [0.15, 0.2) is 0 Å². The molecule has 0 aromatic heterocycles. The Morgan fingerprint density at radius 1 is 1.03 bits per heavy atom. The van der Waals surface area contributed by atoms with Crippen molar-refractivity contribution in [2.45, 2.75) is 32.7 Å². The van der Waals surface area contributed by atoms with Crippen molar-refractivity contribution in [2.24, 2.45) is 0 Å². The van der Waals surface area contributed by atoms with Gasteiger partial charge in [0.25, 0.3) is 11.8 Å². The minimum absolute atomic E-state index is 0.0989. The van der Waals surface area contributed by atoms with Gasteiger partial charge in [0.1, 0.15) is 5.75 Å². The summed E-state index contributed by atoms with van der Waals surface area (Å²) in [5.74, 6) is -1.36. The Balaban J connectivity index is 1.43. The molecule has 0 bridgehead atoms. The van der Waals surface area contributed by atoms with Crippen LogP contribution in [0.4, 0.5) is 13.2 Å². The number of halogens is 3. The molecule has 1 heterocycles. The number of nitrogens with one attached hydrogen (secondary N) is 1. The van der Waals surface area contributed by atoms with E-state index in [9.17, 15) is 27.6 Å². The van der Waals surface area contributed by atoms with Gasteiger partial charge in [-0.25, -0.2) is 0 Å². The lowest BCUT2D eigenvalue weighted by Crippen LogP contribution is -2.32. The predicted molar refractivity (Wildman–Crippen MR) is 101 cm³/mol. The molecule has 158 valence electrons. The summed E-state index contributed by atoms with van der Waals surface area (Å²) in [6.45, 7) is 2.10. The van der Waals surface area contributed by atoms with E-state index in [1.54, 1.807) is 18.2 Å². The molecule has 2 aromatic carbocycles. The summed E-state index contributed by atoms with van der Waals surface area (Å²) in [6.07, 6.45) is -4.36. The number of hydrogen-bond donors (Lipinski definition) is 1. The highest BCUT2D eigenvalue weighted by molar-refractivity contribution is 6.21. The van der Waals surface area contributed by atoms with Crippen molar-refractivity contribution in [3.05, 3.63) is 64.7 Å². The molecule has 0 unspecified atom stereocenters. The normalized spacial score (nSPS) is 13.4. The van der Waals surface area contributed by atoms with Crippen LogP contribution in [-0.2, 0) is 11.3 Å². The topological polar surface area (TPSA) is 75.7 Å². The first-order valence-corrected chi connectivity index (χ1v) is 9.22. The number of benzene rings is 2. The number of amides is 3. The Labute approximate surface area is 170 Å². The zero-order valence-corrected chi connectivity index (χ0v) is 16.1. The number of carbonyl (C=O) groups excluding carboxylic acids is 3. The number of carbonyl (C=O) groups is 3. The van der Waals surface area contributed by atoms with E-state index in [0.29, 0.717) is 23.1 Å². The van der Waals surface area contributed by atoms with Gasteiger partial charge in [-0.1, -0.05) is 23.8 Å². The monoisotopic (exact) mass is 420 g/mol. The molecule has 2 aromatic rings. The maximum atomic E-state index is 12.4. The largest absolute Gasteiger partial charge is 0.573 e. The molecular formula is C21H19F3N2O4. The first kappa shape index (κ1) is 21.4. The van der Waals surface area contributed by atoms with E-state index in [1.165, 1.54) is 24.3 Å². The Morgan fingerprint density at radius 2 is 1.70 bits per heavy atom. The number of ether oxygens (including phenoxy) is 1. The Morgan fingerprint density at radius 3 is 2.37 bits per heavy atom. The second kappa shape index (κ2) is 8.56. The van der Waals surface area contributed by atoms with Crippen LogP contribution in [0.2, 0.25) is 0 Å². The van der Waals surface area contributed by atoms with Crippen molar-refractivity contribution in [2.75, 3.05) is 6.54 Å². The molecule has 9 heteroatoms. The fourth-order valence-corrected chi connectivity index (χ4v) is 3.10. The van der Waals surface area contributed by atoms with Gasteiger partial charge in [-0.2, -0.15) is 0 Å². The maximum absolute atomic E-state index is 12.4. The summed E-state index contributed by atoms with van der Waals surface area (Å²) in [7, 11) is 0. The van der Waals surface area contributed by atoms with Gasteiger partial charge in [-0.3, -0.25) is 19.3 Å². The molecule has 3 amide bonds. The van der Waals surface area contributed by atoms with Gasteiger partial charge in [-0.15, -0.1) is 13.2 Å². The van der Waals surface area contributed by atoms with E-state index in [-0.39, 0.29) is 43.0 Å². The smallest absolute Gasteiger partial charge is 0.406 e. The standard InChI is InChI=1S/C21H19F3N2O4/c1-13-4-9-16-17(11-13)20(29)26(19(16)28)10-2-3-18(27)25-12-14-5-7-15(8-6-14)30-21(22,23)24/h4-9,11H,2-3,10,12H2,1H3,(H,25,27). The summed E-state index contributed by atoms with van der Waals surface area (Å²) >= 11 is 0. The third-order valence-electron chi connectivity index (χ3n) is 4.56. The summed E-state index contributed by atoms with van der Waals surface area (Å²) in [4.78, 5) is 37.9. The predicted octanol–water partition coefficient (Wildman–Crippen LogP) is 3.59. The van der Waals surface area contributed by atoms with E-state index in [2.05, 4.69) is 10.1 Å². The van der Waals surface area contributed by atoms with Gasteiger partial charge in [-0.05, 0) is 43.2 Å². The van der Waals surface area contributed by atoms with Crippen LogP contribution in [0.1, 0.15) is 44.7 Å². The Kier molecular flexibility index (Phi) is 6.09. The van der Waals surface area contributed by atoms with E-state index < -0.39 is 6.36 Å². The minimum Gasteiger partial charge on any atom is -0.406 e. The molecule has 1 aliphatic rings. The van der Waals surface area contributed by atoms with Crippen molar-refractivity contribution in [3.8, 4) is 5.75 Å². The Hall–Kier alpha value is -3.36. The van der Waals surface area contributed by atoms with E-state index in [0.717, 1.165) is 10.5 Å². The summed E-state index contributed by atoms with van der Waals surface area (Å²) in [5.41, 5.74) is 2.23. The van der Waals surface area contributed by atoms with Crippen LogP contribution in [0.3, 0.4) is 0 Å². The third kappa shape index (κ3) is 5.16. The molecule has 0 atom stereocenters. The molecule has 0 radical (unpaired) electrons. The highest BCUT2D eigenvalue weighted by atomic mass is 19.4. The quantitative estimate of drug-likeness (QED) is 0.695. The highest BCUT2D eigenvalue weighted by Crippen LogP contribution is 2.24. The molecule has 0 saturated carbocycles. The molecule has 30 heavy (non-hydrogen) atoms. The first-order valence-electron chi connectivity index (χ1n) is 9.22. The molecule has 1 N–H and O–H groups in total. The molecule has 0 fully saturated rings. The second-order valence-electron chi connectivity index (χ2n) is 6.88. The SMILES string of the molecule is Cc1ccc2c(c1)C(=O)N(CCCC(=O)NCc1ccc(OC(F)(F)F)cc1)C2=O. The lowest BCUT2D eigenvalue weighted by molar-refractivity contribution is -0.274. The molecule has 0 aliphatic carbocycles. The molecular weight excluding hydrogens is 401 g/mol. The van der Waals surface area contributed by atoms with Crippen LogP contribution in [-0.4, -0.2) is 35.5 Å². The minimum atomic E-state index is -4.76.